The van der Waals surface area contributed by atoms with Crippen LogP contribution in [-0.4, -0.2) is 161 Å². The molecule has 16 nitrogen and oxygen atoms in total. The van der Waals surface area contributed by atoms with E-state index in [-0.39, 0.29) is 38.0 Å². The van der Waals surface area contributed by atoms with E-state index in [1.165, 1.54) is 14.0 Å². The zero-order chi connectivity index (χ0) is 46.3. The van der Waals surface area contributed by atoms with Crippen molar-refractivity contribution in [1.29, 1.82) is 0 Å². The van der Waals surface area contributed by atoms with Crippen LogP contribution in [0.5, 0.6) is 5.75 Å². The number of ether oxygens (including phenoxy) is 7. The molecule has 0 saturated carbocycles. The van der Waals surface area contributed by atoms with Crippen LogP contribution in [0, 0.1) is 23.7 Å². The Kier molecular flexibility index (Phi) is 18.6. The molecular formula is C46H78N2O14. The minimum absolute atomic E-state index is 0.0103. The van der Waals surface area contributed by atoms with Gasteiger partial charge in [0.05, 0.1) is 60.0 Å². The molecule has 18 atom stereocenters. The van der Waals surface area contributed by atoms with E-state index in [9.17, 15) is 30.3 Å². The smallest absolute Gasteiger partial charge is 0.311 e. The molecule has 3 aliphatic heterocycles. The zero-order valence-corrected chi connectivity index (χ0v) is 39.3. The molecule has 3 saturated heterocycles. The fraction of sp³-hybridized carbons (Fsp3) is 0.826. The maximum absolute atomic E-state index is 14.4. The summed E-state index contributed by atoms with van der Waals surface area (Å²) < 4.78 is 43.7. The van der Waals surface area contributed by atoms with Crippen LogP contribution >= 0.6 is 0 Å². The first-order valence-corrected chi connectivity index (χ1v) is 22.4. The maximum atomic E-state index is 14.4. The molecule has 16 heteroatoms. The predicted octanol–water partition coefficient (Wildman–Crippen LogP) is 4.06. The number of aliphatic hydroxyl groups is 5. The summed E-state index contributed by atoms with van der Waals surface area (Å²) in [5, 5.41) is 64.1. The van der Waals surface area contributed by atoms with Gasteiger partial charge in [0.2, 0.25) is 0 Å². The fourth-order valence-corrected chi connectivity index (χ4v) is 9.54. The highest BCUT2D eigenvalue weighted by molar-refractivity contribution is 5.88. The number of hydrogen-bond acceptors (Lipinski definition) is 16. The van der Waals surface area contributed by atoms with Crippen LogP contribution in [0.1, 0.15) is 101 Å². The minimum atomic E-state index is -1.96. The second-order valence-corrected chi connectivity index (χ2v) is 18.9. The molecule has 0 amide bonds. The van der Waals surface area contributed by atoms with E-state index in [4.69, 9.17) is 38.0 Å². The van der Waals surface area contributed by atoms with E-state index in [0.29, 0.717) is 25.2 Å². The fourth-order valence-electron chi connectivity index (χ4n) is 9.54. The highest BCUT2D eigenvalue weighted by atomic mass is 16.7. The van der Waals surface area contributed by atoms with Crippen LogP contribution in [0.3, 0.4) is 0 Å². The summed E-state index contributed by atoms with van der Waals surface area (Å²) in [7, 11) is 5.23. The Labute approximate surface area is 369 Å². The number of nitrogens with zero attached hydrogens (tertiary/aromatic N) is 2. The van der Waals surface area contributed by atoms with Crippen molar-refractivity contribution in [3.05, 3.63) is 30.3 Å². The van der Waals surface area contributed by atoms with Crippen LogP contribution in [0.2, 0.25) is 0 Å². The Morgan fingerprint density at radius 3 is 2.16 bits per heavy atom. The third-order valence-electron chi connectivity index (χ3n) is 13.4. The van der Waals surface area contributed by atoms with Crippen molar-refractivity contribution in [2.75, 3.05) is 34.4 Å². The number of likely N-dealkylation sites (N-methyl/N-ethyl adjacent to an activating group) is 1. The first-order valence-electron chi connectivity index (χ1n) is 22.4. The Morgan fingerprint density at radius 2 is 1.55 bits per heavy atom. The molecule has 62 heavy (non-hydrogen) atoms. The van der Waals surface area contributed by atoms with Crippen LogP contribution in [0.4, 0.5) is 0 Å². The molecule has 0 aliphatic carbocycles. The molecule has 3 fully saturated rings. The second kappa shape index (κ2) is 22.1. The first-order chi connectivity index (χ1) is 29.0. The number of cyclic esters (lactones) is 1. The normalized spacial score (nSPS) is 43.5. The summed E-state index contributed by atoms with van der Waals surface area (Å²) in [4.78, 5) is 22.2. The summed E-state index contributed by atoms with van der Waals surface area (Å²) >= 11 is 0. The van der Waals surface area contributed by atoms with E-state index in [1.807, 2.05) is 63.2 Å². The number of rotatable bonds is 13. The molecule has 3 aliphatic rings. The van der Waals surface area contributed by atoms with Crippen LogP contribution in [-0.2, 0) is 38.1 Å². The van der Waals surface area contributed by atoms with Crippen LogP contribution in [0.25, 0.3) is 0 Å². The monoisotopic (exact) mass is 883 g/mol. The highest BCUT2D eigenvalue weighted by Crippen LogP contribution is 2.41. The van der Waals surface area contributed by atoms with Crippen LogP contribution in [0.15, 0.2) is 35.5 Å². The molecule has 1 aromatic carbocycles. The number of benzene rings is 1. The molecule has 5 N–H and O–H groups in total. The lowest BCUT2D eigenvalue weighted by Gasteiger charge is -2.49. The van der Waals surface area contributed by atoms with Crippen molar-refractivity contribution in [1.82, 2.24) is 4.90 Å². The second-order valence-electron chi connectivity index (χ2n) is 18.9. The van der Waals surface area contributed by atoms with Gasteiger partial charge >= 0.3 is 5.97 Å². The van der Waals surface area contributed by atoms with Crippen molar-refractivity contribution in [2.24, 2.45) is 28.8 Å². The average molecular weight is 883 g/mol. The van der Waals surface area contributed by atoms with Gasteiger partial charge in [-0.1, -0.05) is 51.0 Å². The lowest BCUT2D eigenvalue weighted by Crippen LogP contribution is -2.61. The number of esters is 1. The zero-order valence-electron chi connectivity index (χ0n) is 39.3. The number of carbonyl (C=O) groups is 1. The lowest BCUT2D eigenvalue weighted by atomic mass is 9.73. The number of aliphatic hydroxyl groups excluding tert-OH is 3. The van der Waals surface area contributed by atoms with Gasteiger partial charge in [0.1, 0.15) is 36.3 Å². The first kappa shape index (κ1) is 52.1. The standard InChI is InChI=1S/C46H78N2O14/c1-14-34-46(10,54)39(50)28(4)36(47-57-22-18-21-56-32-19-16-15-17-20-32)26(2)24-44(8,53)41(62-43-37(49)33(48(11)12)23-27(3)58-43)29(5)38(30(6)42(52)60-34)61-35-25-45(9,55-13)40(51)31(7)59-35/h15-17,19-20,26-31,33-35,37-41,43,49-51,53-54H,14,18,21-25H2,1-13H3/b47-36+/t26-,27+,28-,29+,30-,31+,33-,34+,35+,37+,38-,39-,40+,41-,43-,44+,45-,46-/m1/s1. The molecule has 1 aromatic rings. The van der Waals surface area contributed by atoms with Crippen molar-refractivity contribution >= 4 is 11.7 Å². The van der Waals surface area contributed by atoms with Gasteiger partial charge in [-0.25, -0.2) is 0 Å². The van der Waals surface area contributed by atoms with E-state index >= 15 is 0 Å². The molecule has 0 bridgehead atoms. The third-order valence-corrected chi connectivity index (χ3v) is 13.4. The summed E-state index contributed by atoms with van der Waals surface area (Å²) in [6.07, 6.45) is -8.92. The molecule has 4 rings (SSSR count). The molecule has 0 radical (unpaired) electrons. The van der Waals surface area contributed by atoms with Gasteiger partial charge in [-0.2, -0.15) is 0 Å². The van der Waals surface area contributed by atoms with Gasteiger partial charge in [0, 0.05) is 43.7 Å². The largest absolute Gasteiger partial charge is 0.493 e. The molecule has 0 aromatic heterocycles. The van der Waals surface area contributed by atoms with Crippen molar-refractivity contribution in [3.63, 3.8) is 0 Å². The SMILES string of the molecule is CC[C@@H]1OC(=O)[C@H](C)[C@H](O[C@H]2C[C@@](C)(OC)[C@@H](O)[C@H](C)O2)[C@H](C)[C@@H](O[C@H]2O[C@@H](C)C[C@@H](N(C)C)[C@@H]2O)[C@@](C)(O)C[C@@H](C)/C(=N\OCCCOc2ccccc2)[C@@H](C)[C@@H](O)[C@]1(C)O. The summed E-state index contributed by atoms with van der Waals surface area (Å²) in [5.41, 5.74) is -4.42. The highest BCUT2D eigenvalue weighted by Gasteiger charge is 2.53. The van der Waals surface area contributed by atoms with E-state index in [0.717, 1.165) is 5.75 Å². The van der Waals surface area contributed by atoms with Gasteiger partial charge in [-0.15, -0.1) is 0 Å². The molecule has 3 heterocycles. The molecule has 356 valence electrons. The van der Waals surface area contributed by atoms with Gasteiger partial charge in [-0.3, -0.25) is 4.79 Å². The molecular weight excluding hydrogens is 805 g/mol. The summed E-state index contributed by atoms with van der Waals surface area (Å²) in [6, 6.07) is 9.08. The number of oxime groups is 1. The number of hydrogen-bond donors (Lipinski definition) is 5. The number of methoxy groups -OCH3 is 1. The molecule has 0 unspecified atom stereocenters. The van der Waals surface area contributed by atoms with Gasteiger partial charge in [0.25, 0.3) is 0 Å². The van der Waals surface area contributed by atoms with E-state index in [1.54, 1.807) is 48.5 Å². The Bertz CT molecular complexity index is 1560. The third kappa shape index (κ3) is 12.4. The van der Waals surface area contributed by atoms with Crippen LogP contribution < -0.4 is 4.74 Å². The Hall–Kier alpha value is -2.48. The average Bonchev–Trinajstić information content (AvgIpc) is 3.22. The molecule has 0 spiro atoms. The van der Waals surface area contributed by atoms with Gasteiger partial charge in [0.15, 0.2) is 12.6 Å². The topological polar surface area (TPSA) is 208 Å². The van der Waals surface area contributed by atoms with E-state index in [2.05, 4.69) is 5.16 Å². The van der Waals surface area contributed by atoms with Crippen molar-refractivity contribution in [3.8, 4) is 5.75 Å². The summed E-state index contributed by atoms with van der Waals surface area (Å²) in [5.74, 6) is -3.35. The van der Waals surface area contributed by atoms with Gasteiger partial charge in [-0.05, 0) is 87.0 Å². The predicted molar refractivity (Wildman–Crippen MR) is 231 cm³/mol. The number of carbonyl (C=O) groups excluding carboxylic acids is 1. The summed E-state index contributed by atoms with van der Waals surface area (Å²) in [6.45, 7) is 17.7. The lowest BCUT2D eigenvalue weighted by molar-refractivity contribution is -0.317. The maximum Gasteiger partial charge on any atom is 0.311 e. The Balaban J connectivity index is 1.80. The quantitative estimate of drug-likeness (QED) is 0.108. The van der Waals surface area contributed by atoms with E-state index < -0.39 is 102 Å². The van der Waals surface area contributed by atoms with Gasteiger partial charge < -0.3 is 68.4 Å². The van der Waals surface area contributed by atoms with Crippen molar-refractivity contribution in [2.45, 2.75) is 186 Å². The van der Waals surface area contributed by atoms with Crippen molar-refractivity contribution < 1.29 is 68.3 Å². The Morgan fingerprint density at radius 1 is 0.887 bits per heavy atom. The number of para-hydroxylation sites is 1. The minimum Gasteiger partial charge on any atom is -0.493 e.